The van der Waals surface area contributed by atoms with E-state index in [1.54, 1.807) is 84.8 Å². The number of carbonyl (C=O) groups excluding carboxylic acids is 4. The van der Waals surface area contributed by atoms with Crippen molar-refractivity contribution in [3.63, 3.8) is 0 Å². The highest BCUT2D eigenvalue weighted by atomic mass is 16.5. The monoisotopic (exact) mass is 528 g/mol. The van der Waals surface area contributed by atoms with E-state index >= 15 is 0 Å². The van der Waals surface area contributed by atoms with Crippen LogP contribution in [0.4, 0.5) is 17.1 Å². The average molecular weight is 529 g/mol. The maximum Gasteiger partial charge on any atom is 0.257 e. The zero-order valence-electron chi connectivity index (χ0n) is 22.0. The average Bonchev–Trinajstić information content (AvgIpc) is 3.33. The molecule has 3 N–H and O–H groups in total. The number of ether oxygens (including phenoxy) is 1. The Morgan fingerprint density at radius 2 is 1.54 bits per heavy atom. The van der Waals surface area contributed by atoms with E-state index in [2.05, 4.69) is 22.9 Å². The molecule has 0 radical (unpaired) electrons. The summed E-state index contributed by atoms with van der Waals surface area (Å²) in [7, 11) is 1.57. The van der Waals surface area contributed by atoms with Crippen molar-refractivity contribution in [1.29, 1.82) is 0 Å². The highest BCUT2D eigenvalue weighted by Crippen LogP contribution is 2.22. The lowest BCUT2D eigenvalue weighted by molar-refractivity contribution is -0.128. The van der Waals surface area contributed by atoms with Crippen LogP contribution in [0, 0.1) is 5.92 Å². The van der Waals surface area contributed by atoms with Gasteiger partial charge in [-0.05, 0) is 67.1 Å². The van der Waals surface area contributed by atoms with Gasteiger partial charge >= 0.3 is 0 Å². The second-order valence-corrected chi connectivity index (χ2v) is 9.34. The van der Waals surface area contributed by atoms with Gasteiger partial charge in [0.2, 0.25) is 11.8 Å². The summed E-state index contributed by atoms with van der Waals surface area (Å²) in [5, 5.41) is 8.45. The summed E-state index contributed by atoms with van der Waals surface area (Å²) in [5.41, 5.74) is 2.17. The summed E-state index contributed by atoms with van der Waals surface area (Å²) in [6, 6.07) is 20.1. The van der Waals surface area contributed by atoms with E-state index < -0.39 is 11.8 Å². The van der Waals surface area contributed by atoms with Gasteiger partial charge in [-0.3, -0.25) is 19.2 Å². The lowest BCUT2D eigenvalue weighted by Crippen LogP contribution is -2.29. The number of amides is 4. The van der Waals surface area contributed by atoms with Crippen LogP contribution in [-0.4, -0.2) is 48.7 Å². The Hall–Kier alpha value is -4.66. The molecule has 1 unspecified atom stereocenters. The van der Waals surface area contributed by atoms with E-state index in [-0.39, 0.29) is 24.1 Å². The fourth-order valence-corrected chi connectivity index (χ4v) is 4.32. The van der Waals surface area contributed by atoms with Gasteiger partial charge in [-0.1, -0.05) is 25.5 Å². The summed E-state index contributed by atoms with van der Waals surface area (Å²) >= 11 is 0. The van der Waals surface area contributed by atoms with Gasteiger partial charge in [0.25, 0.3) is 11.8 Å². The standard InChI is InChI=1S/C30H32N4O5/c1-3-4-17-34-19-21(18-27(34)35)29(37)31-22-11-9-20(10-12-22)28(36)33-26-8-6-5-7-25(26)30(38)32-23-13-15-24(39-2)16-14-23/h5-16,21H,3-4,17-19H2,1-2H3,(H,31,37)(H,32,38)(H,33,36). The predicted octanol–water partition coefficient (Wildman–Crippen LogP) is 4.79. The van der Waals surface area contributed by atoms with Crippen molar-refractivity contribution in [2.24, 2.45) is 5.92 Å². The third kappa shape index (κ3) is 7.01. The van der Waals surface area contributed by atoms with E-state index in [9.17, 15) is 19.2 Å². The number of hydrogen-bond donors (Lipinski definition) is 3. The number of carbonyl (C=O) groups is 4. The number of para-hydroxylation sites is 1. The lowest BCUT2D eigenvalue weighted by atomic mass is 10.1. The van der Waals surface area contributed by atoms with Crippen molar-refractivity contribution in [2.45, 2.75) is 26.2 Å². The van der Waals surface area contributed by atoms with Gasteiger partial charge in [-0.15, -0.1) is 0 Å². The molecule has 39 heavy (non-hydrogen) atoms. The summed E-state index contributed by atoms with van der Waals surface area (Å²) in [4.78, 5) is 52.4. The number of nitrogens with one attached hydrogen (secondary N) is 3. The summed E-state index contributed by atoms with van der Waals surface area (Å²) < 4.78 is 5.14. The number of benzene rings is 3. The molecule has 9 heteroatoms. The quantitative estimate of drug-likeness (QED) is 0.350. The number of rotatable bonds is 10. The summed E-state index contributed by atoms with van der Waals surface area (Å²) in [6.07, 6.45) is 2.12. The normalized spacial score (nSPS) is 14.6. The highest BCUT2D eigenvalue weighted by Gasteiger charge is 2.33. The molecule has 1 heterocycles. The Morgan fingerprint density at radius 1 is 0.872 bits per heavy atom. The molecule has 1 aliphatic rings. The summed E-state index contributed by atoms with van der Waals surface area (Å²) in [5.74, 6) is -0.685. The molecular formula is C30H32N4O5. The van der Waals surface area contributed by atoms with E-state index in [0.29, 0.717) is 47.0 Å². The fourth-order valence-electron chi connectivity index (χ4n) is 4.32. The molecule has 3 aromatic rings. The van der Waals surface area contributed by atoms with Crippen molar-refractivity contribution in [2.75, 3.05) is 36.1 Å². The van der Waals surface area contributed by atoms with Gasteiger partial charge in [0.1, 0.15) is 5.75 Å². The number of hydrogen-bond acceptors (Lipinski definition) is 5. The van der Waals surface area contributed by atoms with Crippen LogP contribution >= 0.6 is 0 Å². The zero-order chi connectivity index (χ0) is 27.8. The Labute approximate surface area is 227 Å². The minimum atomic E-state index is -0.398. The van der Waals surface area contributed by atoms with E-state index in [1.807, 2.05) is 0 Å². The maximum atomic E-state index is 12.9. The summed E-state index contributed by atoms with van der Waals surface area (Å²) in [6.45, 7) is 3.17. The van der Waals surface area contributed by atoms with Gasteiger partial charge in [0, 0.05) is 36.4 Å². The number of unbranched alkanes of at least 4 members (excludes halogenated alkanes) is 1. The molecule has 0 spiro atoms. The first-order valence-corrected chi connectivity index (χ1v) is 12.9. The van der Waals surface area contributed by atoms with Crippen LogP contribution in [0.5, 0.6) is 5.75 Å². The SMILES string of the molecule is CCCCN1CC(C(=O)Nc2ccc(C(=O)Nc3ccccc3C(=O)Nc3ccc(OC)cc3)cc2)CC1=O. The minimum Gasteiger partial charge on any atom is -0.497 e. The second-order valence-electron chi connectivity index (χ2n) is 9.34. The molecule has 1 atom stereocenters. The lowest BCUT2D eigenvalue weighted by Gasteiger charge is -2.16. The van der Waals surface area contributed by atoms with Crippen molar-refractivity contribution >= 4 is 40.7 Å². The molecule has 1 saturated heterocycles. The molecule has 0 saturated carbocycles. The number of likely N-dealkylation sites (tertiary alicyclic amines) is 1. The van der Waals surface area contributed by atoms with Crippen LogP contribution in [0.25, 0.3) is 0 Å². The van der Waals surface area contributed by atoms with Crippen LogP contribution in [-0.2, 0) is 9.59 Å². The minimum absolute atomic E-state index is 0.00795. The molecule has 0 bridgehead atoms. The fraction of sp³-hybridized carbons (Fsp3) is 0.267. The van der Waals surface area contributed by atoms with Crippen LogP contribution in [0.15, 0.2) is 72.8 Å². The van der Waals surface area contributed by atoms with Gasteiger partial charge < -0.3 is 25.6 Å². The highest BCUT2D eigenvalue weighted by molar-refractivity contribution is 6.12. The predicted molar refractivity (Wildman–Crippen MR) is 150 cm³/mol. The Balaban J connectivity index is 1.36. The first-order chi connectivity index (χ1) is 18.9. The van der Waals surface area contributed by atoms with E-state index in [0.717, 1.165) is 12.8 Å². The first-order valence-electron chi connectivity index (χ1n) is 12.9. The first kappa shape index (κ1) is 27.4. The number of nitrogens with zero attached hydrogens (tertiary/aromatic N) is 1. The topological polar surface area (TPSA) is 117 Å². The Morgan fingerprint density at radius 3 is 2.23 bits per heavy atom. The molecule has 1 aliphatic heterocycles. The molecule has 3 aromatic carbocycles. The van der Waals surface area contributed by atoms with Gasteiger partial charge in [0.15, 0.2) is 0 Å². The smallest absolute Gasteiger partial charge is 0.257 e. The molecule has 4 amide bonds. The third-order valence-corrected chi connectivity index (χ3v) is 6.55. The molecule has 0 aliphatic carbocycles. The molecule has 202 valence electrons. The maximum absolute atomic E-state index is 12.9. The van der Waals surface area contributed by atoms with E-state index in [4.69, 9.17) is 4.74 Å². The van der Waals surface area contributed by atoms with Crippen LogP contribution < -0.4 is 20.7 Å². The van der Waals surface area contributed by atoms with Crippen molar-refractivity contribution in [1.82, 2.24) is 4.90 Å². The van der Waals surface area contributed by atoms with Gasteiger partial charge in [-0.25, -0.2) is 0 Å². The largest absolute Gasteiger partial charge is 0.497 e. The third-order valence-electron chi connectivity index (χ3n) is 6.55. The van der Waals surface area contributed by atoms with Crippen LogP contribution in [0.2, 0.25) is 0 Å². The number of methoxy groups -OCH3 is 1. The molecule has 0 aromatic heterocycles. The van der Waals surface area contributed by atoms with Crippen molar-refractivity contribution in [3.05, 3.63) is 83.9 Å². The zero-order valence-corrected chi connectivity index (χ0v) is 22.0. The van der Waals surface area contributed by atoms with E-state index in [1.165, 1.54) is 0 Å². The molecule has 9 nitrogen and oxygen atoms in total. The Bertz CT molecular complexity index is 1340. The molecule has 1 fully saturated rings. The second kappa shape index (κ2) is 12.7. The molecular weight excluding hydrogens is 496 g/mol. The van der Waals surface area contributed by atoms with Crippen LogP contribution in [0.3, 0.4) is 0 Å². The Kier molecular flexibility index (Phi) is 8.94. The number of anilines is 3. The van der Waals surface area contributed by atoms with Crippen molar-refractivity contribution in [3.8, 4) is 5.75 Å². The molecule has 4 rings (SSSR count). The van der Waals surface area contributed by atoms with Gasteiger partial charge in [0.05, 0.1) is 24.3 Å². The van der Waals surface area contributed by atoms with Crippen LogP contribution in [0.1, 0.15) is 46.9 Å². The van der Waals surface area contributed by atoms with Crippen molar-refractivity contribution < 1.29 is 23.9 Å². The van der Waals surface area contributed by atoms with Gasteiger partial charge in [-0.2, -0.15) is 0 Å².